The predicted molar refractivity (Wildman–Crippen MR) is 133 cm³/mol. The molecule has 28 heteroatoms. The number of nitrogen functional groups attached to an aromatic ring is 1. The molecule has 2 unspecified atom stereocenters. The fraction of sp³-hybridized carbons (Fsp3) is 0.500. The Morgan fingerprint density at radius 1 is 0.932 bits per heavy atom. The van der Waals surface area contributed by atoms with Crippen molar-refractivity contribution < 1.29 is 96.2 Å². The average Bonchev–Trinajstić information content (AvgIpc) is 3.36. The number of ether oxygens (including phenoxy) is 1. The number of phosphoric ester groups is 1. The highest BCUT2D eigenvalue weighted by Gasteiger charge is 2.47. The summed E-state index contributed by atoms with van der Waals surface area (Å²) in [5.41, 5.74) is 3.26. The minimum atomic E-state index is -5.70. The number of anilines is 1. The topological polar surface area (TPSA) is 411 Å². The number of nitrogens with two attached hydrogens (primary N) is 1. The van der Waals surface area contributed by atoms with Crippen molar-refractivity contribution in [3.63, 3.8) is 0 Å². The first-order valence-corrected chi connectivity index (χ1v) is 15.6. The van der Waals surface area contributed by atoms with Gasteiger partial charge < -0.3 is 60.7 Å². The highest BCUT2D eigenvalue weighted by molar-refractivity contribution is 7.66. The quantitative estimate of drug-likeness (QED) is 0.0935. The molecule has 12 N–H and O–H groups in total. The van der Waals surface area contributed by atoms with Crippen LogP contribution >= 0.6 is 23.5 Å². The number of fused-ring (bicyclic) bond motifs is 1. The molecule has 0 amide bonds. The van der Waals surface area contributed by atoms with Gasteiger partial charge >= 0.3 is 41.4 Å². The zero-order valence-electron chi connectivity index (χ0n) is 21.3. The first-order chi connectivity index (χ1) is 20.0. The Hall–Kier alpha value is -2.99. The summed E-state index contributed by atoms with van der Waals surface area (Å²) in [6.45, 7) is -0.956. The number of aromatic nitrogens is 4. The molecular weight excluding hydrogens is 675 g/mol. The number of aliphatic carboxylic acids is 3. The Bertz CT molecular complexity index is 1510. The van der Waals surface area contributed by atoms with Gasteiger partial charge in [0.25, 0.3) is 0 Å². The Balaban J connectivity index is 0.000000439. The van der Waals surface area contributed by atoms with Gasteiger partial charge in [0.1, 0.15) is 30.2 Å². The fourth-order valence-corrected chi connectivity index (χ4v) is 6.37. The van der Waals surface area contributed by atoms with Crippen LogP contribution in [0, 0.1) is 0 Å². The molecule has 0 bridgehead atoms. The molecule has 0 spiro atoms. The number of carbonyl (C=O) groups is 3. The summed E-state index contributed by atoms with van der Waals surface area (Å²) >= 11 is 0. The second-order valence-electron chi connectivity index (χ2n) is 8.49. The average molecular weight is 699 g/mol. The van der Waals surface area contributed by atoms with Crippen LogP contribution in [0.1, 0.15) is 19.1 Å². The van der Waals surface area contributed by atoms with Gasteiger partial charge in [-0.15, -0.1) is 0 Å². The van der Waals surface area contributed by atoms with Crippen LogP contribution in [0.3, 0.4) is 0 Å². The van der Waals surface area contributed by atoms with Gasteiger partial charge in [0, 0.05) is 0 Å². The Morgan fingerprint density at radius 2 is 1.50 bits per heavy atom. The van der Waals surface area contributed by atoms with E-state index in [1.165, 1.54) is 10.9 Å². The van der Waals surface area contributed by atoms with Crippen LogP contribution in [0.2, 0.25) is 0 Å². The van der Waals surface area contributed by atoms with Crippen molar-refractivity contribution in [2.45, 2.75) is 43.0 Å². The van der Waals surface area contributed by atoms with Crippen molar-refractivity contribution >= 4 is 58.4 Å². The Labute approximate surface area is 242 Å². The van der Waals surface area contributed by atoms with Gasteiger partial charge in [-0.2, -0.15) is 8.62 Å². The number of carboxylic acids is 3. The molecule has 25 nitrogen and oxygen atoms in total. The third-order valence-electron chi connectivity index (χ3n) is 5.10. The zero-order chi connectivity index (χ0) is 33.8. The fourth-order valence-electron chi connectivity index (χ4n) is 3.34. The number of hydrogen-bond donors (Lipinski definition) is 11. The van der Waals surface area contributed by atoms with Crippen LogP contribution < -0.4 is 5.73 Å². The molecule has 248 valence electrons. The van der Waals surface area contributed by atoms with E-state index in [1.54, 1.807) is 0 Å². The van der Waals surface area contributed by atoms with Crippen molar-refractivity contribution in [3.05, 3.63) is 12.7 Å². The summed E-state index contributed by atoms with van der Waals surface area (Å²) < 4.78 is 51.9. The lowest BCUT2D eigenvalue weighted by atomic mass is 9.96. The first kappa shape index (κ1) is 37.2. The second kappa shape index (κ2) is 14.0. The molecule has 6 atom stereocenters. The van der Waals surface area contributed by atoms with Gasteiger partial charge in [-0.1, -0.05) is 0 Å². The number of phosphoric acid groups is 3. The molecule has 2 aromatic heterocycles. The van der Waals surface area contributed by atoms with Gasteiger partial charge in [-0.3, -0.25) is 18.7 Å². The number of carboxylic acid groups (broad SMARTS) is 3. The number of hydrogen-bond acceptors (Lipinski definition) is 17. The molecular formula is C16H24N5O20P3. The van der Waals surface area contributed by atoms with E-state index in [1.807, 2.05) is 0 Å². The van der Waals surface area contributed by atoms with Gasteiger partial charge in [-0.25, -0.2) is 33.4 Å². The molecule has 2 aromatic rings. The minimum absolute atomic E-state index is 0.0426. The lowest BCUT2D eigenvalue weighted by molar-refractivity contribution is -0.170. The first-order valence-electron chi connectivity index (χ1n) is 11.1. The highest BCUT2D eigenvalue weighted by atomic mass is 31.3. The predicted octanol–water partition coefficient (Wildman–Crippen LogP) is -2.88. The summed E-state index contributed by atoms with van der Waals surface area (Å²) in [5.74, 6) is -4.98. The minimum Gasteiger partial charge on any atom is -0.481 e. The molecule has 1 aliphatic heterocycles. The van der Waals surface area contributed by atoms with E-state index >= 15 is 0 Å². The number of aliphatic hydroxyl groups excluding tert-OH is 2. The van der Waals surface area contributed by atoms with Gasteiger partial charge in [0.05, 0.1) is 25.8 Å². The molecule has 3 heterocycles. The van der Waals surface area contributed by atoms with Crippen molar-refractivity contribution in [1.82, 2.24) is 19.5 Å². The number of nitrogens with zero attached hydrogens (tertiary/aromatic N) is 4. The van der Waals surface area contributed by atoms with Crippen LogP contribution in [0.4, 0.5) is 5.82 Å². The van der Waals surface area contributed by atoms with E-state index in [0.717, 1.165) is 6.33 Å². The standard InChI is InChI=1S/C10H16N5O13P3.C6H8O7/c11-8-5-9(13-2-12-8)15(3-14-5)10-7(17)6(16)4(26-10)1-25-30(21,22)28-31(23,24)27-29(18,19)20;7-3(8)1-6(13,5(11)12)2-4(9)10/h2-4,6-7,10,16-17H,1H2,(H,21,22)(H,23,24)(H2,11,12,13)(H2,18,19,20);13H,1-2H2,(H,7,8)(H,9,10)(H,11,12)/t4-,6-,7-,10-;/m1./s1. The van der Waals surface area contributed by atoms with E-state index in [2.05, 4.69) is 28.1 Å². The largest absolute Gasteiger partial charge is 0.490 e. The molecule has 0 aromatic carbocycles. The van der Waals surface area contributed by atoms with E-state index < -0.39 is 91.0 Å². The van der Waals surface area contributed by atoms with Crippen LogP contribution in [0.5, 0.6) is 0 Å². The summed E-state index contributed by atoms with van der Waals surface area (Å²) in [6.07, 6.45) is -5.98. The Kier molecular flexibility index (Phi) is 11.8. The van der Waals surface area contributed by atoms with E-state index in [4.69, 9.17) is 45.6 Å². The summed E-state index contributed by atoms with van der Waals surface area (Å²) in [4.78, 5) is 77.7. The van der Waals surface area contributed by atoms with Crippen molar-refractivity contribution in [1.29, 1.82) is 0 Å². The molecule has 44 heavy (non-hydrogen) atoms. The third-order valence-corrected chi connectivity index (χ3v) is 8.90. The van der Waals surface area contributed by atoms with Crippen LogP contribution in [0.15, 0.2) is 12.7 Å². The number of imidazole rings is 1. The lowest BCUT2D eigenvalue weighted by Gasteiger charge is -2.19. The lowest BCUT2D eigenvalue weighted by Crippen LogP contribution is -2.42. The zero-order valence-corrected chi connectivity index (χ0v) is 24.0. The third kappa shape index (κ3) is 10.3. The Morgan fingerprint density at radius 3 is 2.00 bits per heavy atom. The molecule has 1 aliphatic rings. The molecule has 0 radical (unpaired) electrons. The van der Waals surface area contributed by atoms with Gasteiger partial charge in [0.2, 0.25) is 0 Å². The molecule has 0 saturated carbocycles. The van der Waals surface area contributed by atoms with Gasteiger partial charge in [-0.05, 0) is 0 Å². The van der Waals surface area contributed by atoms with Crippen LogP contribution in [-0.2, 0) is 46.0 Å². The monoisotopic (exact) mass is 699 g/mol. The van der Waals surface area contributed by atoms with Crippen molar-refractivity contribution in [2.24, 2.45) is 0 Å². The maximum atomic E-state index is 11.8. The summed E-state index contributed by atoms with van der Waals surface area (Å²) in [7, 11) is -16.7. The highest BCUT2D eigenvalue weighted by Crippen LogP contribution is 2.66. The smallest absolute Gasteiger partial charge is 0.481 e. The molecule has 1 fully saturated rings. The maximum absolute atomic E-state index is 11.8. The number of rotatable bonds is 13. The SMILES string of the molecule is Nc1ncnc2c1ncn2[C@@H]1O[C@H](COP(=O)(O)OP(=O)(O)OP(=O)(O)O)[C@@H](O)[C@H]1O.O=C(O)CC(O)(CC(=O)O)C(=O)O. The molecule has 3 rings (SSSR count). The molecule has 1 saturated heterocycles. The van der Waals surface area contributed by atoms with Crippen molar-refractivity contribution in [3.8, 4) is 0 Å². The summed E-state index contributed by atoms with van der Waals surface area (Å²) in [6, 6.07) is 0. The summed E-state index contributed by atoms with van der Waals surface area (Å²) in [5, 5.41) is 54.2. The van der Waals surface area contributed by atoms with E-state index in [0.29, 0.717) is 0 Å². The van der Waals surface area contributed by atoms with E-state index in [-0.39, 0.29) is 17.0 Å². The van der Waals surface area contributed by atoms with Crippen molar-refractivity contribution in [2.75, 3.05) is 12.3 Å². The van der Waals surface area contributed by atoms with Gasteiger partial charge in [0.15, 0.2) is 23.3 Å². The maximum Gasteiger partial charge on any atom is 0.490 e. The number of aliphatic hydroxyl groups is 3. The van der Waals surface area contributed by atoms with E-state index in [9.17, 15) is 43.2 Å². The normalized spacial score (nSPS) is 23.2. The second-order valence-corrected chi connectivity index (χ2v) is 12.9. The molecule has 0 aliphatic carbocycles. The van der Waals surface area contributed by atoms with Crippen LogP contribution in [-0.4, -0.2) is 118 Å². The van der Waals surface area contributed by atoms with Crippen LogP contribution in [0.25, 0.3) is 11.2 Å².